The summed E-state index contributed by atoms with van der Waals surface area (Å²) >= 11 is 1.40. The van der Waals surface area contributed by atoms with Crippen LogP contribution in [-0.4, -0.2) is 22.8 Å². The van der Waals surface area contributed by atoms with Crippen molar-refractivity contribution in [1.82, 2.24) is 0 Å². The van der Waals surface area contributed by atoms with Gasteiger partial charge in [0, 0.05) is 0 Å². The molecule has 2 rings (SSSR count). The second-order valence-corrected chi connectivity index (χ2v) is 5.19. The summed E-state index contributed by atoms with van der Waals surface area (Å²) in [5, 5.41) is -0.140. The quantitative estimate of drug-likeness (QED) is 0.699. The number of carbonyl (C=O) groups excluding carboxylic acids is 2. The molecule has 1 aliphatic heterocycles. The van der Waals surface area contributed by atoms with Gasteiger partial charge in [0.1, 0.15) is 0 Å². The van der Waals surface area contributed by atoms with Gasteiger partial charge < -0.3 is 0 Å². The Morgan fingerprint density at radius 1 is 1.25 bits per heavy atom. The van der Waals surface area contributed by atoms with Gasteiger partial charge in [0.25, 0.3) is 0 Å². The van der Waals surface area contributed by atoms with Crippen molar-refractivity contribution in [2.75, 3.05) is 10.7 Å². The van der Waals surface area contributed by atoms with Crippen LogP contribution in [0.15, 0.2) is 24.3 Å². The van der Waals surface area contributed by atoms with E-state index in [0.717, 1.165) is 5.56 Å². The third-order valence-electron chi connectivity index (χ3n) is 2.57. The summed E-state index contributed by atoms with van der Waals surface area (Å²) in [6.45, 7) is 3.81. The van der Waals surface area contributed by atoms with Gasteiger partial charge >= 0.3 is 0 Å². The molecule has 1 aromatic rings. The Morgan fingerprint density at radius 3 is 2.50 bits per heavy atom. The lowest BCUT2D eigenvalue weighted by molar-refractivity contribution is -0.125. The summed E-state index contributed by atoms with van der Waals surface area (Å²) in [6, 6.07) is 7.44. The summed E-state index contributed by atoms with van der Waals surface area (Å²) in [6.07, 6.45) is 0. The van der Waals surface area contributed by atoms with Crippen LogP contribution in [0.1, 0.15) is 12.5 Å². The van der Waals surface area contributed by atoms with Gasteiger partial charge in [-0.1, -0.05) is 17.7 Å². The van der Waals surface area contributed by atoms with Gasteiger partial charge in [-0.15, -0.1) is 11.8 Å². The zero-order valence-electron chi connectivity index (χ0n) is 9.27. The lowest BCUT2D eigenvalue weighted by Crippen LogP contribution is -2.46. The van der Waals surface area contributed by atoms with Crippen LogP contribution in [0.5, 0.6) is 0 Å². The van der Waals surface area contributed by atoms with Crippen LogP contribution in [0.25, 0.3) is 0 Å². The number of rotatable bonds is 1. The van der Waals surface area contributed by atoms with Gasteiger partial charge in [0.15, 0.2) is 0 Å². The van der Waals surface area contributed by atoms with Crippen molar-refractivity contribution in [3.05, 3.63) is 29.8 Å². The van der Waals surface area contributed by atoms with E-state index in [9.17, 15) is 9.59 Å². The largest absolute Gasteiger partial charge is 0.273 e. The maximum absolute atomic E-state index is 11.9. The minimum atomic E-state index is -0.140. The average Bonchev–Trinajstić information content (AvgIpc) is 2.27. The molecular weight excluding hydrogens is 222 g/mol. The van der Waals surface area contributed by atoms with Gasteiger partial charge in [0.2, 0.25) is 11.8 Å². The number of anilines is 1. The first-order valence-electron chi connectivity index (χ1n) is 5.14. The lowest BCUT2D eigenvalue weighted by atomic mass is 10.2. The van der Waals surface area contributed by atoms with E-state index in [1.165, 1.54) is 16.7 Å². The molecule has 16 heavy (non-hydrogen) atoms. The summed E-state index contributed by atoms with van der Waals surface area (Å²) in [7, 11) is 0. The first kappa shape index (κ1) is 11.2. The molecule has 0 aromatic heterocycles. The Kier molecular flexibility index (Phi) is 3.01. The lowest BCUT2D eigenvalue weighted by Gasteiger charge is -2.28. The third-order valence-corrected chi connectivity index (χ3v) is 3.68. The Hall–Kier alpha value is -1.29. The number of amides is 2. The smallest absolute Gasteiger partial charge is 0.246 e. The molecule has 84 valence electrons. The van der Waals surface area contributed by atoms with Crippen LogP contribution < -0.4 is 4.90 Å². The fourth-order valence-electron chi connectivity index (χ4n) is 1.60. The number of aryl methyl sites for hydroxylation is 1. The molecule has 0 unspecified atom stereocenters. The van der Waals surface area contributed by atoms with E-state index in [2.05, 4.69) is 0 Å². The molecular formula is C12H13NO2S. The fourth-order valence-corrected chi connectivity index (χ4v) is 2.37. The van der Waals surface area contributed by atoms with Gasteiger partial charge in [-0.3, -0.25) is 9.59 Å². The zero-order chi connectivity index (χ0) is 11.7. The summed E-state index contributed by atoms with van der Waals surface area (Å²) < 4.78 is 0. The highest BCUT2D eigenvalue weighted by atomic mass is 32.2. The molecule has 1 fully saturated rings. The molecule has 4 heteroatoms. The topological polar surface area (TPSA) is 37.4 Å². The fraction of sp³-hybridized carbons (Fsp3) is 0.333. The summed E-state index contributed by atoms with van der Waals surface area (Å²) in [4.78, 5) is 24.9. The van der Waals surface area contributed by atoms with E-state index in [1.54, 1.807) is 0 Å². The molecule has 3 nitrogen and oxygen atoms in total. The molecule has 0 radical (unpaired) electrons. The second kappa shape index (κ2) is 4.29. The van der Waals surface area contributed by atoms with Crippen LogP contribution in [0.2, 0.25) is 0 Å². The van der Waals surface area contributed by atoms with E-state index in [4.69, 9.17) is 0 Å². The molecule has 0 aliphatic carbocycles. The minimum absolute atomic E-state index is 0.120. The molecule has 0 spiro atoms. The Labute approximate surface area is 98.8 Å². The highest BCUT2D eigenvalue weighted by Gasteiger charge is 2.32. The van der Waals surface area contributed by atoms with E-state index in [0.29, 0.717) is 11.4 Å². The summed E-state index contributed by atoms with van der Waals surface area (Å²) in [5.41, 5.74) is 1.79. The van der Waals surface area contributed by atoms with Gasteiger partial charge in [-0.2, -0.15) is 0 Å². The van der Waals surface area contributed by atoms with Crippen LogP contribution in [0.4, 0.5) is 5.69 Å². The number of carbonyl (C=O) groups is 2. The number of imide groups is 1. The predicted octanol–water partition coefficient (Wildman–Crippen LogP) is 1.99. The molecule has 1 aromatic carbocycles. The number of nitrogens with zero attached hydrogens (tertiary/aromatic N) is 1. The highest BCUT2D eigenvalue weighted by Crippen LogP contribution is 2.25. The van der Waals surface area contributed by atoms with Crippen molar-refractivity contribution in [3.8, 4) is 0 Å². The van der Waals surface area contributed by atoms with Crippen molar-refractivity contribution in [1.29, 1.82) is 0 Å². The van der Waals surface area contributed by atoms with E-state index >= 15 is 0 Å². The maximum Gasteiger partial charge on any atom is 0.246 e. The maximum atomic E-state index is 11.9. The monoisotopic (exact) mass is 235 g/mol. The van der Waals surface area contributed by atoms with Crippen LogP contribution in [0, 0.1) is 6.92 Å². The van der Waals surface area contributed by atoms with E-state index in [1.807, 2.05) is 38.1 Å². The minimum Gasteiger partial charge on any atom is -0.273 e. The summed E-state index contributed by atoms with van der Waals surface area (Å²) in [5.74, 6) is 0.128. The molecule has 0 N–H and O–H groups in total. The Bertz CT molecular complexity index is 427. The number of hydrogen-bond acceptors (Lipinski definition) is 3. The van der Waals surface area contributed by atoms with Crippen molar-refractivity contribution in [2.24, 2.45) is 0 Å². The van der Waals surface area contributed by atoms with Gasteiger partial charge in [-0.25, -0.2) is 4.90 Å². The van der Waals surface area contributed by atoms with Crippen LogP contribution in [-0.2, 0) is 9.59 Å². The van der Waals surface area contributed by atoms with Crippen molar-refractivity contribution < 1.29 is 9.59 Å². The van der Waals surface area contributed by atoms with Crippen LogP contribution in [0.3, 0.4) is 0 Å². The molecule has 2 amide bonds. The highest BCUT2D eigenvalue weighted by molar-refractivity contribution is 8.01. The van der Waals surface area contributed by atoms with E-state index < -0.39 is 0 Å². The standard InChI is InChI=1S/C12H13NO2S/c1-8-3-5-10(6-4-8)13-11(14)7-16-9(2)12(13)15/h3-6,9H,7H2,1-2H3/t9-/m0/s1. The normalized spacial score (nSPS) is 21.4. The van der Waals surface area contributed by atoms with Crippen molar-refractivity contribution in [3.63, 3.8) is 0 Å². The molecule has 1 saturated heterocycles. The zero-order valence-corrected chi connectivity index (χ0v) is 10.1. The molecule has 0 bridgehead atoms. The first-order valence-corrected chi connectivity index (χ1v) is 6.19. The third kappa shape index (κ3) is 1.97. The molecule has 1 atom stereocenters. The van der Waals surface area contributed by atoms with Crippen molar-refractivity contribution in [2.45, 2.75) is 19.1 Å². The van der Waals surface area contributed by atoms with Crippen molar-refractivity contribution >= 4 is 29.3 Å². The first-order chi connectivity index (χ1) is 7.59. The molecule has 1 aliphatic rings. The average molecular weight is 235 g/mol. The molecule has 0 saturated carbocycles. The second-order valence-electron chi connectivity index (χ2n) is 3.86. The molecule has 1 heterocycles. The number of benzene rings is 1. The number of thioether (sulfide) groups is 1. The van der Waals surface area contributed by atoms with Crippen LogP contribution >= 0.6 is 11.8 Å². The van der Waals surface area contributed by atoms with E-state index in [-0.39, 0.29) is 17.1 Å². The van der Waals surface area contributed by atoms with Gasteiger partial charge in [-0.05, 0) is 26.0 Å². The Morgan fingerprint density at radius 2 is 1.88 bits per heavy atom. The SMILES string of the molecule is Cc1ccc(N2C(=O)CS[C@@H](C)C2=O)cc1. The van der Waals surface area contributed by atoms with Gasteiger partial charge in [0.05, 0.1) is 16.7 Å². The number of hydrogen-bond donors (Lipinski definition) is 0. The predicted molar refractivity (Wildman–Crippen MR) is 65.6 cm³/mol. The Balaban J connectivity index is 2.34.